The molecule has 11 heteroatoms. The Morgan fingerprint density at radius 1 is 0.682 bits per heavy atom. The van der Waals surface area contributed by atoms with E-state index in [-0.39, 0.29) is 6.92 Å². The summed E-state index contributed by atoms with van der Waals surface area (Å²) < 4.78 is 148. The van der Waals surface area contributed by atoms with Crippen molar-refractivity contribution in [1.29, 1.82) is 0 Å². The summed E-state index contributed by atoms with van der Waals surface area (Å²) in [5, 5.41) is 0. The molecule has 1 saturated carbocycles. The van der Waals surface area contributed by atoms with Gasteiger partial charge in [0.15, 0.2) is 0 Å². The molecule has 0 aromatic carbocycles. The first kappa shape index (κ1) is 19.3. The molecule has 132 valence electrons. The van der Waals surface area contributed by atoms with Crippen molar-refractivity contribution in [3.63, 3.8) is 0 Å². The Labute approximate surface area is 117 Å². The van der Waals surface area contributed by atoms with Gasteiger partial charge in [0.25, 0.3) is 5.67 Å². The fraction of sp³-hybridized carbons (Fsp3) is 1.00. The maximum Gasteiger partial charge on any atom is 0.352 e. The van der Waals surface area contributed by atoms with Crippen LogP contribution in [0.4, 0.5) is 48.3 Å². The number of rotatable bonds is 2. The largest absolute Gasteiger partial charge is 0.352 e. The molecule has 3 unspecified atom stereocenters. The zero-order valence-corrected chi connectivity index (χ0v) is 11.0. The van der Waals surface area contributed by atoms with Crippen LogP contribution in [-0.2, 0) is 0 Å². The number of hydrogen-bond donors (Lipinski definition) is 0. The fourth-order valence-corrected chi connectivity index (χ4v) is 2.47. The van der Waals surface area contributed by atoms with Crippen molar-refractivity contribution in [2.24, 2.45) is 0 Å². The van der Waals surface area contributed by atoms with Crippen LogP contribution < -0.4 is 0 Å². The molecule has 0 amide bonds. The highest BCUT2D eigenvalue weighted by Gasteiger charge is 2.85. The zero-order valence-electron chi connectivity index (χ0n) is 11.0. The van der Waals surface area contributed by atoms with Crippen LogP contribution in [0.5, 0.6) is 0 Å². The topological polar surface area (TPSA) is 0 Å². The molecule has 0 radical (unpaired) electrons. The normalized spacial score (nSPS) is 44.2. The third-order valence-electron chi connectivity index (χ3n) is 3.65. The van der Waals surface area contributed by atoms with Crippen molar-refractivity contribution >= 4 is 0 Å². The maximum absolute atomic E-state index is 13.9. The molecule has 1 fully saturated rings. The van der Waals surface area contributed by atoms with Gasteiger partial charge in [-0.05, 0) is 6.92 Å². The van der Waals surface area contributed by atoms with E-state index in [0.29, 0.717) is 0 Å². The highest BCUT2D eigenvalue weighted by Crippen LogP contribution is 2.61. The van der Waals surface area contributed by atoms with Gasteiger partial charge in [0.1, 0.15) is 19.0 Å². The Hall–Kier alpha value is -0.770. The quantitative estimate of drug-likeness (QED) is 0.628. The molecule has 1 aliphatic carbocycles. The monoisotopic (exact) mass is 352 g/mol. The molecular formula is C11H11F11. The van der Waals surface area contributed by atoms with E-state index >= 15 is 0 Å². The van der Waals surface area contributed by atoms with Gasteiger partial charge < -0.3 is 0 Å². The second kappa shape index (κ2) is 4.86. The highest BCUT2D eigenvalue weighted by molar-refractivity contribution is 5.20. The molecule has 0 heterocycles. The Morgan fingerprint density at radius 3 is 1.50 bits per heavy atom. The van der Waals surface area contributed by atoms with Crippen LogP contribution in [-0.4, -0.2) is 48.1 Å². The lowest BCUT2D eigenvalue weighted by Crippen LogP contribution is -2.74. The van der Waals surface area contributed by atoms with Crippen LogP contribution in [0, 0.1) is 0 Å². The third-order valence-corrected chi connectivity index (χ3v) is 3.65. The average molecular weight is 352 g/mol. The first-order chi connectivity index (χ1) is 9.54. The van der Waals surface area contributed by atoms with Gasteiger partial charge in [0, 0.05) is 6.42 Å². The lowest BCUT2D eigenvalue weighted by atomic mass is 9.70. The first-order valence-corrected chi connectivity index (χ1v) is 5.86. The summed E-state index contributed by atoms with van der Waals surface area (Å²) in [6.07, 6.45) is -4.93. The van der Waals surface area contributed by atoms with Crippen molar-refractivity contribution in [3.8, 4) is 0 Å². The van der Waals surface area contributed by atoms with E-state index in [9.17, 15) is 48.3 Å². The smallest absolute Gasteiger partial charge is 0.247 e. The van der Waals surface area contributed by atoms with E-state index in [0.717, 1.165) is 0 Å². The SMILES string of the molecule is CC1(F)CC(F)(F)C(F)(F)C(F)(CF)C(F)(F)C(F)(CF)C1. The number of hydrogen-bond acceptors (Lipinski definition) is 0. The number of alkyl halides is 11. The molecule has 0 saturated heterocycles. The van der Waals surface area contributed by atoms with E-state index in [1.165, 1.54) is 0 Å². The van der Waals surface area contributed by atoms with Gasteiger partial charge in [-0.3, -0.25) is 0 Å². The first-order valence-electron chi connectivity index (χ1n) is 5.86. The van der Waals surface area contributed by atoms with Crippen LogP contribution in [0.3, 0.4) is 0 Å². The summed E-state index contributed by atoms with van der Waals surface area (Å²) in [6, 6.07) is 0. The van der Waals surface area contributed by atoms with E-state index in [4.69, 9.17) is 0 Å². The van der Waals surface area contributed by atoms with Crippen molar-refractivity contribution in [2.75, 3.05) is 13.3 Å². The van der Waals surface area contributed by atoms with Gasteiger partial charge in [-0.2, -0.15) is 26.3 Å². The van der Waals surface area contributed by atoms with Crippen LogP contribution in [0.15, 0.2) is 0 Å². The lowest BCUT2D eigenvalue weighted by molar-refractivity contribution is -0.366. The van der Waals surface area contributed by atoms with E-state index in [1.54, 1.807) is 0 Å². The number of halogens is 11. The summed E-state index contributed by atoms with van der Waals surface area (Å²) in [5.74, 6) is -18.5. The molecule has 0 aromatic heterocycles. The standard InChI is InChI=1S/C11H11F11/c1-6(14)2-7(15,4-12)10(19,20)8(16,5-13)11(21,22)9(17,18)3-6/h2-5H2,1H3. The third kappa shape index (κ3) is 2.26. The highest BCUT2D eigenvalue weighted by atomic mass is 19.3. The molecule has 1 aliphatic rings. The predicted octanol–water partition coefficient (Wildman–Crippen LogP) is 4.77. The van der Waals surface area contributed by atoms with Crippen LogP contribution in [0.1, 0.15) is 19.8 Å². The second-order valence-electron chi connectivity index (χ2n) is 5.65. The maximum atomic E-state index is 13.9. The summed E-state index contributed by atoms with van der Waals surface area (Å²) in [7, 11) is 0. The summed E-state index contributed by atoms with van der Waals surface area (Å²) in [6.45, 7) is -6.22. The molecule has 0 N–H and O–H groups in total. The predicted molar refractivity (Wildman–Crippen MR) is 53.2 cm³/mol. The van der Waals surface area contributed by atoms with Gasteiger partial charge in [-0.25, -0.2) is 22.0 Å². The molecule has 0 bridgehead atoms. The van der Waals surface area contributed by atoms with Crippen LogP contribution in [0.25, 0.3) is 0 Å². The minimum Gasteiger partial charge on any atom is -0.247 e. The zero-order chi connectivity index (χ0) is 17.8. The Balaban J connectivity index is 3.70. The van der Waals surface area contributed by atoms with E-state index in [2.05, 4.69) is 0 Å². The molecule has 0 aromatic rings. The molecule has 0 aliphatic heterocycles. The summed E-state index contributed by atoms with van der Waals surface area (Å²) in [5.41, 5.74) is -14.7. The summed E-state index contributed by atoms with van der Waals surface area (Å²) >= 11 is 0. The minimum absolute atomic E-state index is 0.0672. The van der Waals surface area contributed by atoms with E-state index in [1.807, 2.05) is 0 Å². The molecule has 0 spiro atoms. The Bertz CT molecular complexity index is 432. The molecule has 3 atom stereocenters. The molecule has 1 rings (SSSR count). The molecular weight excluding hydrogens is 341 g/mol. The molecule has 22 heavy (non-hydrogen) atoms. The average Bonchev–Trinajstić information content (AvgIpc) is 2.33. The molecule has 0 nitrogen and oxygen atoms in total. The lowest BCUT2D eigenvalue weighted by Gasteiger charge is -2.49. The Morgan fingerprint density at radius 2 is 1.14 bits per heavy atom. The van der Waals surface area contributed by atoms with Crippen LogP contribution in [0.2, 0.25) is 0 Å². The van der Waals surface area contributed by atoms with Crippen molar-refractivity contribution in [3.05, 3.63) is 0 Å². The van der Waals surface area contributed by atoms with Gasteiger partial charge in [0.05, 0.1) is 6.42 Å². The van der Waals surface area contributed by atoms with Crippen molar-refractivity contribution in [2.45, 2.75) is 54.5 Å². The van der Waals surface area contributed by atoms with Crippen molar-refractivity contribution in [1.82, 2.24) is 0 Å². The van der Waals surface area contributed by atoms with Gasteiger partial charge in [-0.15, -0.1) is 0 Å². The minimum atomic E-state index is -6.47. The van der Waals surface area contributed by atoms with Gasteiger partial charge >= 0.3 is 17.8 Å². The van der Waals surface area contributed by atoms with Crippen molar-refractivity contribution < 1.29 is 48.3 Å². The summed E-state index contributed by atoms with van der Waals surface area (Å²) in [4.78, 5) is 0. The van der Waals surface area contributed by atoms with Crippen LogP contribution >= 0.6 is 0 Å². The van der Waals surface area contributed by atoms with Gasteiger partial charge in [0.2, 0.25) is 5.67 Å². The van der Waals surface area contributed by atoms with Gasteiger partial charge in [-0.1, -0.05) is 0 Å². The fourth-order valence-electron chi connectivity index (χ4n) is 2.47. The Kier molecular flexibility index (Phi) is 4.26. The van der Waals surface area contributed by atoms with E-state index < -0.39 is 61.0 Å². The second-order valence-corrected chi connectivity index (χ2v) is 5.65.